The molecule has 0 atom stereocenters. The molecule has 2 amide bonds. The van der Waals surface area contributed by atoms with Crippen LogP contribution < -0.4 is 10.6 Å². The van der Waals surface area contributed by atoms with Crippen molar-refractivity contribution in [3.05, 3.63) is 71.9 Å². The molecule has 2 aromatic carbocycles. The number of aryl methyl sites for hydroxylation is 1. The van der Waals surface area contributed by atoms with Crippen molar-refractivity contribution < 1.29 is 19.1 Å². The SMILES string of the molecule is CCc1ccc(-c2nn(-c3ccccc3)cc2C(=O)OCC(=O)NCC(=O)NC)cc1. The van der Waals surface area contributed by atoms with Crippen LogP contribution in [0.25, 0.3) is 16.9 Å². The first-order valence-corrected chi connectivity index (χ1v) is 9.90. The number of carbonyl (C=O) groups excluding carboxylic acids is 3. The minimum atomic E-state index is -0.674. The summed E-state index contributed by atoms with van der Waals surface area (Å²) in [6.07, 6.45) is 2.49. The first kappa shape index (κ1) is 21.8. The molecule has 8 heteroatoms. The van der Waals surface area contributed by atoms with Gasteiger partial charge in [0.15, 0.2) is 6.61 Å². The van der Waals surface area contributed by atoms with Crippen molar-refractivity contribution in [2.24, 2.45) is 0 Å². The van der Waals surface area contributed by atoms with Gasteiger partial charge < -0.3 is 15.4 Å². The van der Waals surface area contributed by atoms with Crippen LogP contribution in [0.3, 0.4) is 0 Å². The van der Waals surface area contributed by atoms with Crippen LogP contribution >= 0.6 is 0 Å². The predicted octanol–water partition coefficient (Wildman–Crippen LogP) is 2.12. The third kappa shape index (κ3) is 5.57. The zero-order valence-corrected chi connectivity index (χ0v) is 17.4. The fourth-order valence-corrected chi connectivity index (χ4v) is 2.87. The number of amides is 2. The molecule has 0 saturated carbocycles. The van der Waals surface area contributed by atoms with Crippen LogP contribution in [0.2, 0.25) is 0 Å². The maximum Gasteiger partial charge on any atom is 0.342 e. The van der Waals surface area contributed by atoms with Gasteiger partial charge in [0.1, 0.15) is 11.3 Å². The Bertz CT molecular complexity index is 1060. The summed E-state index contributed by atoms with van der Waals surface area (Å²) in [6, 6.07) is 17.2. The summed E-state index contributed by atoms with van der Waals surface area (Å²) in [6.45, 7) is 1.38. The second-order valence-electron chi connectivity index (χ2n) is 6.75. The van der Waals surface area contributed by atoms with Crippen molar-refractivity contribution in [1.29, 1.82) is 0 Å². The molecule has 1 heterocycles. The lowest BCUT2D eigenvalue weighted by molar-refractivity contribution is -0.127. The standard InChI is InChI=1S/C23H24N4O4/c1-3-16-9-11-17(12-10-16)22-19(14-27(26-22)18-7-5-4-6-8-18)23(30)31-15-21(29)25-13-20(28)24-2/h4-12,14H,3,13,15H2,1-2H3,(H,24,28)(H,25,29). The third-order valence-electron chi connectivity index (χ3n) is 4.65. The summed E-state index contributed by atoms with van der Waals surface area (Å²) in [4.78, 5) is 35.8. The van der Waals surface area contributed by atoms with Gasteiger partial charge in [-0.05, 0) is 24.1 Å². The van der Waals surface area contributed by atoms with Crippen LogP contribution in [-0.4, -0.2) is 47.8 Å². The maximum atomic E-state index is 12.8. The molecule has 0 aliphatic carbocycles. The number of benzene rings is 2. The second-order valence-corrected chi connectivity index (χ2v) is 6.75. The quantitative estimate of drug-likeness (QED) is 0.544. The van der Waals surface area contributed by atoms with E-state index in [1.807, 2.05) is 54.6 Å². The summed E-state index contributed by atoms with van der Waals surface area (Å²) in [7, 11) is 1.47. The topological polar surface area (TPSA) is 102 Å². The summed E-state index contributed by atoms with van der Waals surface area (Å²) in [5.41, 5.74) is 3.43. The van der Waals surface area contributed by atoms with Gasteiger partial charge in [-0.2, -0.15) is 5.10 Å². The molecule has 0 spiro atoms. The minimum Gasteiger partial charge on any atom is -0.452 e. The van der Waals surface area contributed by atoms with Crippen LogP contribution in [0.15, 0.2) is 60.8 Å². The van der Waals surface area contributed by atoms with E-state index in [9.17, 15) is 14.4 Å². The smallest absolute Gasteiger partial charge is 0.342 e. The number of nitrogens with zero attached hydrogens (tertiary/aromatic N) is 2. The van der Waals surface area contributed by atoms with E-state index in [1.54, 1.807) is 10.9 Å². The van der Waals surface area contributed by atoms with Crippen LogP contribution in [0.5, 0.6) is 0 Å². The Kier molecular flexibility index (Phi) is 7.16. The lowest BCUT2D eigenvalue weighted by Crippen LogP contribution is -2.37. The summed E-state index contributed by atoms with van der Waals surface area (Å²) in [5.74, 6) is -1.59. The zero-order chi connectivity index (χ0) is 22.2. The molecule has 0 saturated heterocycles. The summed E-state index contributed by atoms with van der Waals surface area (Å²) >= 11 is 0. The number of ether oxygens (including phenoxy) is 1. The molecule has 160 valence electrons. The summed E-state index contributed by atoms with van der Waals surface area (Å²) < 4.78 is 6.78. The van der Waals surface area contributed by atoms with Gasteiger partial charge in [0, 0.05) is 18.8 Å². The summed E-state index contributed by atoms with van der Waals surface area (Å²) in [5, 5.41) is 9.36. The van der Waals surface area contributed by atoms with Crippen molar-refractivity contribution in [2.45, 2.75) is 13.3 Å². The fraction of sp³-hybridized carbons (Fsp3) is 0.217. The van der Waals surface area contributed by atoms with E-state index >= 15 is 0 Å². The predicted molar refractivity (Wildman–Crippen MR) is 116 cm³/mol. The van der Waals surface area contributed by atoms with Gasteiger partial charge in [0.05, 0.1) is 12.2 Å². The van der Waals surface area contributed by atoms with Gasteiger partial charge >= 0.3 is 5.97 Å². The van der Waals surface area contributed by atoms with Gasteiger partial charge in [0.25, 0.3) is 5.91 Å². The van der Waals surface area contributed by atoms with Gasteiger partial charge in [-0.1, -0.05) is 49.4 Å². The number of hydrogen-bond acceptors (Lipinski definition) is 5. The lowest BCUT2D eigenvalue weighted by atomic mass is 10.1. The van der Waals surface area contributed by atoms with Crippen LogP contribution in [-0.2, 0) is 20.7 Å². The molecule has 31 heavy (non-hydrogen) atoms. The molecular weight excluding hydrogens is 396 g/mol. The highest BCUT2D eigenvalue weighted by Gasteiger charge is 2.21. The van der Waals surface area contributed by atoms with Gasteiger partial charge in [-0.15, -0.1) is 0 Å². The Hall–Kier alpha value is -3.94. The molecule has 0 radical (unpaired) electrons. The molecule has 0 aliphatic heterocycles. The molecular formula is C23H24N4O4. The van der Waals surface area contributed by atoms with Crippen molar-refractivity contribution in [3.8, 4) is 16.9 Å². The van der Waals surface area contributed by atoms with Crippen molar-refractivity contribution in [1.82, 2.24) is 20.4 Å². The molecule has 3 aromatic rings. The fourth-order valence-electron chi connectivity index (χ4n) is 2.87. The Morgan fingerprint density at radius 3 is 2.35 bits per heavy atom. The van der Waals surface area contributed by atoms with E-state index in [1.165, 1.54) is 12.6 Å². The van der Waals surface area contributed by atoms with E-state index in [-0.39, 0.29) is 18.0 Å². The van der Waals surface area contributed by atoms with E-state index < -0.39 is 18.5 Å². The Morgan fingerprint density at radius 2 is 1.71 bits per heavy atom. The average molecular weight is 420 g/mol. The third-order valence-corrected chi connectivity index (χ3v) is 4.65. The highest BCUT2D eigenvalue weighted by Crippen LogP contribution is 2.25. The lowest BCUT2D eigenvalue weighted by Gasteiger charge is -2.06. The zero-order valence-electron chi connectivity index (χ0n) is 17.4. The van der Waals surface area contributed by atoms with E-state index in [4.69, 9.17) is 4.74 Å². The maximum absolute atomic E-state index is 12.8. The highest BCUT2D eigenvalue weighted by molar-refractivity contribution is 5.97. The molecule has 1 aromatic heterocycles. The number of para-hydroxylation sites is 1. The first-order chi connectivity index (χ1) is 15.0. The van der Waals surface area contributed by atoms with Gasteiger partial charge in [0.2, 0.25) is 5.91 Å². The first-order valence-electron chi connectivity index (χ1n) is 9.90. The molecule has 0 fully saturated rings. The van der Waals surface area contributed by atoms with Crippen LogP contribution in [0.4, 0.5) is 0 Å². The van der Waals surface area contributed by atoms with Gasteiger partial charge in [-0.25, -0.2) is 9.48 Å². The number of likely N-dealkylation sites (N-methyl/N-ethyl adjacent to an activating group) is 1. The Morgan fingerprint density at radius 1 is 1.00 bits per heavy atom. The second kappa shape index (κ2) is 10.2. The largest absolute Gasteiger partial charge is 0.452 e. The van der Waals surface area contributed by atoms with E-state index in [0.29, 0.717) is 5.69 Å². The molecule has 0 bridgehead atoms. The highest BCUT2D eigenvalue weighted by atomic mass is 16.5. The van der Waals surface area contributed by atoms with Crippen molar-refractivity contribution in [2.75, 3.05) is 20.2 Å². The van der Waals surface area contributed by atoms with Gasteiger partial charge in [-0.3, -0.25) is 9.59 Å². The number of aromatic nitrogens is 2. The molecule has 0 unspecified atom stereocenters. The number of carbonyl (C=O) groups is 3. The molecule has 8 nitrogen and oxygen atoms in total. The monoisotopic (exact) mass is 420 g/mol. The normalized spacial score (nSPS) is 10.4. The van der Waals surface area contributed by atoms with Crippen LogP contribution in [0, 0.1) is 0 Å². The number of esters is 1. The molecule has 2 N–H and O–H groups in total. The molecule has 0 aliphatic rings. The minimum absolute atomic E-state index is 0.187. The van der Waals surface area contributed by atoms with Crippen molar-refractivity contribution >= 4 is 17.8 Å². The van der Waals surface area contributed by atoms with E-state index in [2.05, 4.69) is 22.7 Å². The Balaban J connectivity index is 1.83. The van der Waals surface area contributed by atoms with Crippen LogP contribution in [0.1, 0.15) is 22.8 Å². The average Bonchev–Trinajstić information content (AvgIpc) is 3.27. The number of nitrogens with one attached hydrogen (secondary N) is 2. The Labute approximate surface area is 180 Å². The molecule has 3 rings (SSSR count). The van der Waals surface area contributed by atoms with Crippen molar-refractivity contribution in [3.63, 3.8) is 0 Å². The number of hydrogen-bond donors (Lipinski definition) is 2. The number of rotatable bonds is 8. The van der Waals surface area contributed by atoms with E-state index in [0.717, 1.165) is 17.7 Å².